The van der Waals surface area contributed by atoms with Crippen LogP contribution in [0.3, 0.4) is 0 Å². The van der Waals surface area contributed by atoms with E-state index < -0.39 is 17.0 Å². The average Bonchev–Trinajstić information content (AvgIpc) is 3.12. The van der Waals surface area contributed by atoms with Gasteiger partial charge in [0.25, 0.3) is 0 Å². The van der Waals surface area contributed by atoms with Gasteiger partial charge >= 0.3 is 5.97 Å². The number of nitrogens with zero attached hydrogens (tertiary/aromatic N) is 2. The zero-order valence-electron chi connectivity index (χ0n) is 24.2. The van der Waals surface area contributed by atoms with Crippen LogP contribution in [0.4, 0.5) is 0 Å². The van der Waals surface area contributed by atoms with Gasteiger partial charge in [-0.25, -0.2) is 0 Å². The quantitative estimate of drug-likeness (QED) is 0.500. The molecule has 4 aliphatic rings. The van der Waals surface area contributed by atoms with Gasteiger partial charge in [-0.2, -0.15) is 0 Å². The first-order valence-corrected chi connectivity index (χ1v) is 15.4. The van der Waals surface area contributed by atoms with E-state index in [1.165, 1.54) is 6.42 Å². The van der Waals surface area contributed by atoms with Gasteiger partial charge in [0.1, 0.15) is 5.75 Å². The molecule has 0 aromatic heterocycles. The van der Waals surface area contributed by atoms with E-state index in [2.05, 4.69) is 0 Å². The van der Waals surface area contributed by atoms with Crippen molar-refractivity contribution in [3.8, 4) is 5.75 Å². The highest BCUT2D eigenvalue weighted by molar-refractivity contribution is 5.87. The normalized spacial score (nSPS) is 32.6. The minimum absolute atomic E-state index is 0.0418. The van der Waals surface area contributed by atoms with Crippen molar-refractivity contribution < 1.29 is 29.0 Å². The third kappa shape index (κ3) is 5.01. The minimum Gasteiger partial charge on any atom is -0.497 e. The number of rotatable bonds is 7. The first kappa shape index (κ1) is 28.9. The summed E-state index contributed by atoms with van der Waals surface area (Å²) in [4.78, 5) is 45.6. The zero-order chi connectivity index (χ0) is 28.3. The molecule has 1 aromatic carbocycles. The van der Waals surface area contributed by atoms with Crippen LogP contribution < -0.4 is 4.74 Å². The average molecular weight is 555 g/mol. The first-order valence-electron chi connectivity index (χ1n) is 15.4. The molecule has 0 spiro atoms. The molecule has 2 amide bonds. The van der Waals surface area contributed by atoms with E-state index in [9.17, 15) is 19.5 Å². The Morgan fingerprint density at radius 1 is 1.05 bits per heavy atom. The Hall–Kier alpha value is -2.61. The van der Waals surface area contributed by atoms with E-state index in [4.69, 9.17) is 9.47 Å². The number of esters is 1. The van der Waals surface area contributed by atoms with E-state index in [-0.39, 0.29) is 49.3 Å². The number of aliphatic hydroxyl groups excluding tert-OH is 1. The molecule has 220 valence electrons. The van der Waals surface area contributed by atoms with Gasteiger partial charge in [-0.3, -0.25) is 14.4 Å². The van der Waals surface area contributed by atoms with Crippen LogP contribution in [-0.2, 0) is 25.7 Å². The molecule has 1 aromatic rings. The van der Waals surface area contributed by atoms with Crippen molar-refractivity contribution in [3.63, 3.8) is 0 Å². The Balaban J connectivity index is 1.64. The van der Waals surface area contributed by atoms with E-state index in [1.807, 2.05) is 34.1 Å². The van der Waals surface area contributed by atoms with Crippen molar-refractivity contribution in [2.75, 3.05) is 26.9 Å². The van der Waals surface area contributed by atoms with E-state index in [0.717, 1.165) is 56.3 Å². The lowest BCUT2D eigenvalue weighted by atomic mass is 9.51. The Morgan fingerprint density at radius 2 is 1.75 bits per heavy atom. The highest BCUT2D eigenvalue weighted by Crippen LogP contribution is 2.63. The molecular formula is C32H46N2O6. The van der Waals surface area contributed by atoms with Gasteiger partial charge in [0.15, 0.2) is 0 Å². The maximum absolute atomic E-state index is 14.4. The monoisotopic (exact) mass is 554 g/mol. The minimum atomic E-state index is -0.914. The third-order valence-corrected chi connectivity index (χ3v) is 10.3. The number of benzene rings is 1. The summed E-state index contributed by atoms with van der Waals surface area (Å²) in [6, 6.07) is 7.26. The predicted molar refractivity (Wildman–Crippen MR) is 150 cm³/mol. The van der Waals surface area contributed by atoms with Gasteiger partial charge in [0, 0.05) is 30.8 Å². The highest BCUT2D eigenvalue weighted by atomic mass is 16.5. The fourth-order valence-corrected chi connectivity index (χ4v) is 8.67. The number of methoxy groups -OCH3 is 1. The Labute approximate surface area is 238 Å². The van der Waals surface area contributed by atoms with Gasteiger partial charge in [-0.15, -0.1) is 0 Å². The fourth-order valence-electron chi connectivity index (χ4n) is 8.67. The molecule has 8 nitrogen and oxygen atoms in total. The van der Waals surface area contributed by atoms with Crippen LogP contribution in [0.5, 0.6) is 5.75 Å². The van der Waals surface area contributed by atoms with Crippen molar-refractivity contribution in [2.24, 2.45) is 17.3 Å². The van der Waals surface area contributed by atoms with E-state index in [1.54, 1.807) is 14.0 Å². The molecule has 0 radical (unpaired) electrons. The second kappa shape index (κ2) is 12.1. The molecule has 4 fully saturated rings. The summed E-state index contributed by atoms with van der Waals surface area (Å²) in [6.45, 7) is 2.87. The number of carbonyl (C=O) groups excluding carboxylic acids is 3. The van der Waals surface area contributed by atoms with E-state index >= 15 is 0 Å². The summed E-state index contributed by atoms with van der Waals surface area (Å²) in [5, 5.41) is 11.2. The summed E-state index contributed by atoms with van der Waals surface area (Å²) in [5.74, 6) is 0.191. The van der Waals surface area contributed by atoms with Crippen LogP contribution >= 0.6 is 0 Å². The molecule has 3 heterocycles. The molecule has 5 atom stereocenters. The molecule has 0 unspecified atom stereocenters. The van der Waals surface area contributed by atoms with Crippen LogP contribution in [0.1, 0.15) is 89.5 Å². The molecule has 4 bridgehead atoms. The number of hydrogen-bond acceptors (Lipinski definition) is 6. The lowest BCUT2D eigenvalue weighted by molar-refractivity contribution is -0.180. The lowest BCUT2D eigenvalue weighted by Gasteiger charge is -2.63. The molecule has 3 saturated heterocycles. The maximum atomic E-state index is 14.4. The lowest BCUT2D eigenvalue weighted by Crippen LogP contribution is -2.75. The van der Waals surface area contributed by atoms with Crippen LogP contribution in [0.2, 0.25) is 0 Å². The van der Waals surface area contributed by atoms with Gasteiger partial charge in [0.2, 0.25) is 11.8 Å². The summed E-state index contributed by atoms with van der Waals surface area (Å²) >= 11 is 0. The van der Waals surface area contributed by atoms with Crippen LogP contribution in [0.15, 0.2) is 24.3 Å². The van der Waals surface area contributed by atoms with Crippen molar-refractivity contribution in [1.82, 2.24) is 9.80 Å². The van der Waals surface area contributed by atoms with Gasteiger partial charge in [-0.05, 0) is 56.2 Å². The van der Waals surface area contributed by atoms with E-state index in [0.29, 0.717) is 32.4 Å². The molecule has 8 heteroatoms. The first-order chi connectivity index (χ1) is 19.4. The number of piperidine rings is 1. The largest absolute Gasteiger partial charge is 0.497 e. The Kier molecular flexibility index (Phi) is 8.74. The molecule has 1 N–H and O–H groups in total. The SMILES string of the molecule is CCOC(=O)C[C@@]12[C@@H]3CCN4C(=O)CCCCCCCCC[C@@](CO)(C[C@@H]3C(=O)N1Cc1ccc(OC)cc1)[C@H]42. The standard InChI is InChI=1S/C32H46N2O6/c1-3-40-28(37)20-32-26-16-18-33-27(36)11-9-7-5-4-6-8-10-17-31(22-35,30(32)33)19-25(26)29(38)34(32)21-23-12-14-24(39-2)15-13-23/h12-15,25-26,30,35H,3-11,16-22H2,1-2H3/t25-,26+,30-,31-,32-/m0/s1. The van der Waals surface area contributed by atoms with Crippen LogP contribution in [-0.4, -0.2) is 71.1 Å². The summed E-state index contributed by atoms with van der Waals surface area (Å²) < 4.78 is 10.9. The number of carbonyl (C=O) groups is 3. The number of aliphatic hydroxyl groups is 1. The summed E-state index contributed by atoms with van der Waals surface area (Å²) in [7, 11) is 1.62. The topological polar surface area (TPSA) is 96.4 Å². The smallest absolute Gasteiger partial charge is 0.308 e. The fraction of sp³-hybridized carbons (Fsp3) is 0.719. The molecule has 3 aliphatic heterocycles. The van der Waals surface area contributed by atoms with Gasteiger partial charge < -0.3 is 24.4 Å². The van der Waals surface area contributed by atoms with Crippen molar-refractivity contribution >= 4 is 17.8 Å². The Morgan fingerprint density at radius 3 is 2.42 bits per heavy atom. The summed E-state index contributed by atoms with van der Waals surface area (Å²) in [6.07, 6.45) is 9.85. The second-order valence-corrected chi connectivity index (χ2v) is 12.4. The second-order valence-electron chi connectivity index (χ2n) is 12.4. The van der Waals surface area contributed by atoms with Crippen molar-refractivity contribution in [3.05, 3.63) is 29.8 Å². The van der Waals surface area contributed by atoms with Crippen LogP contribution in [0, 0.1) is 17.3 Å². The number of likely N-dealkylation sites (tertiary alicyclic amines) is 1. The van der Waals surface area contributed by atoms with Gasteiger partial charge in [0.05, 0.1) is 38.3 Å². The maximum Gasteiger partial charge on any atom is 0.308 e. The number of amides is 2. The predicted octanol–water partition coefficient (Wildman–Crippen LogP) is 4.47. The molecule has 1 saturated carbocycles. The number of ether oxygens (including phenoxy) is 2. The van der Waals surface area contributed by atoms with Crippen molar-refractivity contribution in [2.45, 2.75) is 102 Å². The van der Waals surface area contributed by atoms with Gasteiger partial charge in [-0.1, -0.05) is 50.7 Å². The molecular weight excluding hydrogens is 508 g/mol. The highest BCUT2D eigenvalue weighted by Gasteiger charge is 2.73. The molecule has 1 aliphatic carbocycles. The van der Waals surface area contributed by atoms with Crippen molar-refractivity contribution in [1.29, 1.82) is 0 Å². The Bertz CT molecular complexity index is 1080. The molecule has 40 heavy (non-hydrogen) atoms. The third-order valence-electron chi connectivity index (χ3n) is 10.3. The van der Waals surface area contributed by atoms with Crippen LogP contribution in [0.25, 0.3) is 0 Å². The molecule has 5 rings (SSSR count). The zero-order valence-corrected chi connectivity index (χ0v) is 24.2. The summed E-state index contributed by atoms with van der Waals surface area (Å²) in [5.41, 5.74) is -0.605. The number of hydrogen-bond donors (Lipinski definition) is 1.